The predicted octanol–water partition coefficient (Wildman–Crippen LogP) is 3.29. The number of fused-ring (bicyclic) bond motifs is 1. The number of para-hydroxylation sites is 1. The summed E-state index contributed by atoms with van der Waals surface area (Å²) in [6.07, 6.45) is 3.56. The Kier molecular flexibility index (Phi) is 5.81. The number of nitrogens with one attached hydrogen (secondary N) is 1. The summed E-state index contributed by atoms with van der Waals surface area (Å²) in [6.45, 7) is 0.165. The van der Waals surface area contributed by atoms with Gasteiger partial charge in [-0.25, -0.2) is 9.78 Å². The zero-order chi connectivity index (χ0) is 22.0. The quantitative estimate of drug-likeness (QED) is 0.476. The number of oxazole rings is 1. The van der Waals surface area contributed by atoms with E-state index in [4.69, 9.17) is 20.8 Å². The number of ether oxygens (including phenoxy) is 1. The topological polar surface area (TPSA) is 91.3 Å². The zero-order valence-electron chi connectivity index (χ0n) is 17.0. The second-order valence-electron chi connectivity index (χ2n) is 7.02. The Morgan fingerprint density at radius 1 is 1.29 bits per heavy atom. The van der Waals surface area contributed by atoms with Crippen LogP contribution in [0.25, 0.3) is 11.1 Å². The number of aryl methyl sites for hydroxylation is 2. The maximum absolute atomic E-state index is 12.9. The van der Waals surface area contributed by atoms with Gasteiger partial charge in [-0.3, -0.25) is 9.36 Å². The van der Waals surface area contributed by atoms with Crippen molar-refractivity contribution in [2.75, 3.05) is 7.11 Å². The standard InChI is InChI=1S/C22H21ClN4O4/c1-26-12-10-24-21(26)20(15-5-3-4-6-17(15)30-2)25-19(28)9-11-27-16-8-7-14(23)13-18(16)31-22(27)29/h3-8,10,12-13,20H,9,11H2,1-2H3,(H,25,28). The number of nitrogens with zero attached hydrogens (tertiary/aromatic N) is 3. The summed E-state index contributed by atoms with van der Waals surface area (Å²) < 4.78 is 14.0. The van der Waals surface area contributed by atoms with Crippen LogP contribution in [0.1, 0.15) is 23.9 Å². The third-order valence-electron chi connectivity index (χ3n) is 5.06. The largest absolute Gasteiger partial charge is 0.496 e. The summed E-state index contributed by atoms with van der Waals surface area (Å²) >= 11 is 5.96. The first-order valence-electron chi connectivity index (χ1n) is 9.66. The van der Waals surface area contributed by atoms with Gasteiger partial charge in [0.25, 0.3) is 0 Å². The Bertz CT molecular complexity index is 1290. The molecule has 0 aliphatic heterocycles. The van der Waals surface area contributed by atoms with Crippen LogP contribution in [0.5, 0.6) is 5.75 Å². The van der Waals surface area contributed by atoms with Gasteiger partial charge in [0.2, 0.25) is 5.91 Å². The van der Waals surface area contributed by atoms with Crippen molar-refractivity contribution in [2.24, 2.45) is 7.05 Å². The Hall–Kier alpha value is -3.52. The molecule has 0 saturated heterocycles. The molecule has 2 aromatic heterocycles. The molecule has 0 fully saturated rings. The number of carbonyl (C=O) groups is 1. The van der Waals surface area contributed by atoms with E-state index in [2.05, 4.69) is 10.3 Å². The third-order valence-corrected chi connectivity index (χ3v) is 5.30. The number of halogens is 1. The van der Waals surface area contributed by atoms with E-state index in [1.807, 2.05) is 42.1 Å². The van der Waals surface area contributed by atoms with Crippen LogP contribution in [0.4, 0.5) is 0 Å². The summed E-state index contributed by atoms with van der Waals surface area (Å²) in [7, 11) is 3.44. The van der Waals surface area contributed by atoms with Crippen LogP contribution >= 0.6 is 11.6 Å². The highest BCUT2D eigenvalue weighted by Crippen LogP contribution is 2.29. The lowest BCUT2D eigenvalue weighted by Crippen LogP contribution is -2.32. The fourth-order valence-corrected chi connectivity index (χ4v) is 3.70. The van der Waals surface area contributed by atoms with E-state index in [-0.39, 0.29) is 18.9 Å². The van der Waals surface area contributed by atoms with Gasteiger partial charge in [0.05, 0.1) is 12.6 Å². The number of benzene rings is 2. The molecular weight excluding hydrogens is 420 g/mol. The molecule has 0 aliphatic rings. The van der Waals surface area contributed by atoms with Crippen LogP contribution in [0.2, 0.25) is 5.02 Å². The second-order valence-corrected chi connectivity index (χ2v) is 7.46. The van der Waals surface area contributed by atoms with Crippen molar-refractivity contribution in [1.29, 1.82) is 0 Å². The van der Waals surface area contributed by atoms with Gasteiger partial charge in [-0.2, -0.15) is 0 Å². The van der Waals surface area contributed by atoms with Crippen LogP contribution in [-0.4, -0.2) is 27.1 Å². The highest BCUT2D eigenvalue weighted by atomic mass is 35.5. The lowest BCUT2D eigenvalue weighted by atomic mass is 10.0. The van der Waals surface area contributed by atoms with Crippen LogP contribution in [0, 0.1) is 0 Å². The fourth-order valence-electron chi connectivity index (χ4n) is 3.54. The second kappa shape index (κ2) is 8.69. The van der Waals surface area contributed by atoms with Crippen molar-refractivity contribution < 1.29 is 13.9 Å². The molecule has 31 heavy (non-hydrogen) atoms. The van der Waals surface area contributed by atoms with Crippen molar-refractivity contribution >= 4 is 28.6 Å². The number of imidazole rings is 1. The van der Waals surface area contributed by atoms with Crippen LogP contribution in [0.3, 0.4) is 0 Å². The van der Waals surface area contributed by atoms with Gasteiger partial charge in [0.1, 0.15) is 17.6 Å². The zero-order valence-corrected chi connectivity index (χ0v) is 17.8. The normalized spacial score (nSPS) is 12.1. The first-order valence-corrected chi connectivity index (χ1v) is 10.0. The summed E-state index contributed by atoms with van der Waals surface area (Å²) in [5.41, 5.74) is 1.76. The highest BCUT2D eigenvalue weighted by molar-refractivity contribution is 6.31. The van der Waals surface area contributed by atoms with E-state index in [9.17, 15) is 9.59 Å². The van der Waals surface area contributed by atoms with E-state index in [0.29, 0.717) is 27.7 Å². The van der Waals surface area contributed by atoms with Crippen LogP contribution in [0.15, 0.2) is 64.1 Å². The maximum Gasteiger partial charge on any atom is 0.419 e. The molecule has 0 saturated carbocycles. The molecule has 8 nitrogen and oxygen atoms in total. The molecule has 1 unspecified atom stereocenters. The Morgan fingerprint density at radius 3 is 2.84 bits per heavy atom. The number of amides is 1. The SMILES string of the molecule is COc1ccccc1C(NC(=O)CCn1c(=O)oc2cc(Cl)ccc21)c1nccn1C. The average Bonchev–Trinajstić information content (AvgIpc) is 3.32. The molecule has 2 aromatic carbocycles. The van der Waals surface area contributed by atoms with Crippen LogP contribution < -0.4 is 15.8 Å². The van der Waals surface area contributed by atoms with Crippen molar-refractivity contribution in [1.82, 2.24) is 19.4 Å². The molecule has 160 valence electrons. The van der Waals surface area contributed by atoms with Gasteiger partial charge in [0, 0.05) is 49.1 Å². The minimum Gasteiger partial charge on any atom is -0.496 e. The fraction of sp³-hybridized carbons (Fsp3) is 0.227. The van der Waals surface area contributed by atoms with Crippen LogP contribution in [-0.2, 0) is 18.4 Å². The summed E-state index contributed by atoms with van der Waals surface area (Å²) in [5, 5.41) is 3.49. The molecule has 0 spiro atoms. The van der Waals surface area contributed by atoms with Gasteiger partial charge >= 0.3 is 5.76 Å². The molecule has 4 aromatic rings. The average molecular weight is 441 g/mol. The Labute approximate surface area is 183 Å². The molecule has 4 rings (SSSR count). The van der Waals surface area contributed by atoms with Crippen molar-refractivity contribution in [3.63, 3.8) is 0 Å². The molecule has 0 radical (unpaired) electrons. The smallest absolute Gasteiger partial charge is 0.419 e. The predicted molar refractivity (Wildman–Crippen MR) is 116 cm³/mol. The molecule has 2 heterocycles. The lowest BCUT2D eigenvalue weighted by molar-refractivity contribution is -0.121. The van der Waals surface area contributed by atoms with E-state index in [1.165, 1.54) is 4.57 Å². The first kappa shape index (κ1) is 20.7. The summed E-state index contributed by atoms with van der Waals surface area (Å²) in [6, 6.07) is 11.9. The minimum atomic E-state index is -0.532. The molecule has 0 bridgehead atoms. The number of methoxy groups -OCH3 is 1. The summed E-state index contributed by atoms with van der Waals surface area (Å²) in [4.78, 5) is 29.5. The van der Waals surface area contributed by atoms with Gasteiger partial charge in [-0.15, -0.1) is 0 Å². The molecule has 9 heteroatoms. The number of aromatic nitrogens is 3. The third kappa shape index (κ3) is 4.20. The van der Waals surface area contributed by atoms with Gasteiger partial charge in [-0.05, 0) is 18.2 Å². The molecule has 0 aliphatic carbocycles. The van der Waals surface area contributed by atoms with E-state index in [0.717, 1.165) is 5.56 Å². The molecule has 1 atom stereocenters. The monoisotopic (exact) mass is 440 g/mol. The molecular formula is C22H21ClN4O4. The first-order chi connectivity index (χ1) is 15.0. The van der Waals surface area contributed by atoms with Gasteiger partial charge in [0.15, 0.2) is 5.58 Å². The van der Waals surface area contributed by atoms with Crippen molar-refractivity contribution in [3.05, 3.63) is 81.8 Å². The number of hydrogen-bond donors (Lipinski definition) is 1. The number of hydrogen-bond acceptors (Lipinski definition) is 5. The minimum absolute atomic E-state index is 0.0766. The number of carbonyl (C=O) groups excluding carboxylic acids is 1. The van der Waals surface area contributed by atoms with E-state index < -0.39 is 11.8 Å². The van der Waals surface area contributed by atoms with E-state index in [1.54, 1.807) is 31.5 Å². The highest BCUT2D eigenvalue weighted by Gasteiger charge is 2.24. The molecule has 1 amide bonds. The van der Waals surface area contributed by atoms with Gasteiger partial charge in [-0.1, -0.05) is 29.8 Å². The van der Waals surface area contributed by atoms with Gasteiger partial charge < -0.3 is 19.0 Å². The Morgan fingerprint density at radius 2 is 2.10 bits per heavy atom. The van der Waals surface area contributed by atoms with Crippen molar-refractivity contribution in [3.8, 4) is 5.75 Å². The molecule has 1 N–H and O–H groups in total. The summed E-state index contributed by atoms with van der Waals surface area (Å²) in [5.74, 6) is 0.535. The maximum atomic E-state index is 12.9. The lowest BCUT2D eigenvalue weighted by Gasteiger charge is -2.21. The van der Waals surface area contributed by atoms with Crippen molar-refractivity contribution in [2.45, 2.75) is 19.0 Å². The number of rotatable bonds is 7. The Balaban J connectivity index is 1.57. The van der Waals surface area contributed by atoms with E-state index >= 15 is 0 Å².